The van der Waals surface area contributed by atoms with Gasteiger partial charge in [-0.15, -0.1) is 0 Å². The number of ether oxygens (including phenoxy) is 1. The van der Waals surface area contributed by atoms with E-state index >= 15 is 0 Å². The Kier molecular flexibility index (Phi) is 6.58. The molecule has 2 aromatic carbocycles. The standard InChI is InChI=1S/C26H27F3N6O/c1-15(18-4-3-5-19(24(18)27)25(28)29)31-26-20-12-22-23(13-21(20)32-16(2)33-26)36-11-6-17-14-34(8-7-30)9-10-35(17)22/h3-5,12-13,15,17,25H,6,8-11,14H2,1-2H3,(H,31,32,33)/t15-,17+/m1/s1. The van der Waals surface area contributed by atoms with Crippen LogP contribution in [0.5, 0.6) is 5.75 Å². The maximum Gasteiger partial charge on any atom is 0.266 e. The number of aromatic nitrogens is 2. The van der Waals surface area contributed by atoms with Gasteiger partial charge in [-0.3, -0.25) is 4.90 Å². The molecule has 1 fully saturated rings. The zero-order valence-electron chi connectivity index (χ0n) is 20.1. The maximum absolute atomic E-state index is 14.8. The molecule has 5 rings (SSSR count). The minimum Gasteiger partial charge on any atom is -0.491 e. The molecule has 10 heteroatoms. The summed E-state index contributed by atoms with van der Waals surface area (Å²) in [5, 5.41) is 13.1. The van der Waals surface area contributed by atoms with Crippen LogP contribution in [0.25, 0.3) is 10.9 Å². The summed E-state index contributed by atoms with van der Waals surface area (Å²) in [6.07, 6.45) is -2.06. The summed E-state index contributed by atoms with van der Waals surface area (Å²) in [7, 11) is 0. The molecule has 7 nitrogen and oxygen atoms in total. The first kappa shape index (κ1) is 24.1. The second kappa shape index (κ2) is 9.82. The average Bonchev–Trinajstić information content (AvgIpc) is 3.01. The Morgan fingerprint density at radius 1 is 1.22 bits per heavy atom. The predicted molar refractivity (Wildman–Crippen MR) is 131 cm³/mol. The van der Waals surface area contributed by atoms with Crippen molar-refractivity contribution in [3.05, 3.63) is 53.1 Å². The highest BCUT2D eigenvalue weighted by molar-refractivity contribution is 5.94. The molecular weight excluding hydrogens is 469 g/mol. The van der Waals surface area contributed by atoms with E-state index < -0.39 is 23.8 Å². The van der Waals surface area contributed by atoms with Gasteiger partial charge in [-0.2, -0.15) is 5.26 Å². The molecule has 1 N–H and O–H groups in total. The smallest absolute Gasteiger partial charge is 0.266 e. The lowest BCUT2D eigenvalue weighted by Crippen LogP contribution is -2.53. The lowest BCUT2D eigenvalue weighted by molar-refractivity contribution is 0.146. The van der Waals surface area contributed by atoms with E-state index in [1.165, 1.54) is 12.1 Å². The fourth-order valence-electron chi connectivity index (χ4n) is 5.10. The monoisotopic (exact) mass is 496 g/mol. The van der Waals surface area contributed by atoms with Gasteiger partial charge in [-0.25, -0.2) is 23.1 Å². The number of nitrogens with zero attached hydrogens (tertiary/aromatic N) is 5. The summed E-state index contributed by atoms with van der Waals surface area (Å²) in [6.45, 7) is 6.75. The lowest BCUT2D eigenvalue weighted by Gasteiger charge is -2.41. The molecule has 3 heterocycles. The van der Waals surface area contributed by atoms with E-state index in [2.05, 4.69) is 31.2 Å². The number of nitriles is 1. The Balaban J connectivity index is 1.52. The van der Waals surface area contributed by atoms with Crippen LogP contribution in [-0.2, 0) is 0 Å². The highest BCUT2D eigenvalue weighted by Gasteiger charge is 2.32. The van der Waals surface area contributed by atoms with E-state index in [1.807, 2.05) is 12.1 Å². The van der Waals surface area contributed by atoms with Gasteiger partial charge in [0.15, 0.2) is 0 Å². The molecule has 0 amide bonds. The van der Waals surface area contributed by atoms with Gasteiger partial charge in [0.1, 0.15) is 23.2 Å². The van der Waals surface area contributed by atoms with E-state index in [0.717, 1.165) is 48.9 Å². The minimum atomic E-state index is -2.89. The average molecular weight is 497 g/mol. The Hall–Kier alpha value is -3.58. The molecule has 0 unspecified atom stereocenters. The van der Waals surface area contributed by atoms with Gasteiger partial charge in [-0.05, 0) is 19.9 Å². The molecule has 1 aromatic heterocycles. The topological polar surface area (TPSA) is 77.3 Å². The second-order valence-corrected chi connectivity index (χ2v) is 9.25. The Morgan fingerprint density at radius 2 is 2.03 bits per heavy atom. The maximum atomic E-state index is 14.8. The number of nitrogens with one attached hydrogen (secondary N) is 1. The van der Waals surface area contributed by atoms with Gasteiger partial charge in [0.2, 0.25) is 0 Å². The van der Waals surface area contributed by atoms with Crippen molar-refractivity contribution in [2.24, 2.45) is 0 Å². The van der Waals surface area contributed by atoms with Crippen molar-refractivity contribution in [1.29, 1.82) is 5.26 Å². The Morgan fingerprint density at radius 3 is 2.81 bits per heavy atom. The molecule has 0 radical (unpaired) electrons. The first-order chi connectivity index (χ1) is 17.4. The van der Waals surface area contributed by atoms with Gasteiger partial charge < -0.3 is 15.0 Å². The van der Waals surface area contributed by atoms with E-state index in [0.29, 0.717) is 30.3 Å². The van der Waals surface area contributed by atoms with E-state index in [1.54, 1.807) is 13.8 Å². The quantitative estimate of drug-likeness (QED) is 0.499. The largest absolute Gasteiger partial charge is 0.491 e. The number of fused-ring (bicyclic) bond motifs is 4. The summed E-state index contributed by atoms with van der Waals surface area (Å²) in [6, 6.07) is 9.75. The molecule has 0 aliphatic carbocycles. The van der Waals surface area contributed by atoms with Crippen LogP contribution >= 0.6 is 0 Å². The first-order valence-electron chi connectivity index (χ1n) is 12.0. The van der Waals surface area contributed by atoms with Crippen molar-refractivity contribution in [1.82, 2.24) is 14.9 Å². The zero-order valence-corrected chi connectivity index (χ0v) is 20.1. The molecule has 0 saturated carbocycles. The van der Waals surface area contributed by atoms with Crippen molar-refractivity contribution in [3.8, 4) is 11.8 Å². The normalized spacial score (nSPS) is 18.7. The van der Waals surface area contributed by atoms with E-state index in [9.17, 15) is 13.2 Å². The lowest BCUT2D eigenvalue weighted by atomic mass is 10.0. The number of rotatable bonds is 5. The zero-order chi connectivity index (χ0) is 25.4. The summed E-state index contributed by atoms with van der Waals surface area (Å²) in [4.78, 5) is 13.6. The Bertz CT molecular complexity index is 1330. The van der Waals surface area contributed by atoms with Crippen molar-refractivity contribution < 1.29 is 17.9 Å². The number of alkyl halides is 2. The SMILES string of the molecule is Cc1nc(N[C@H](C)c2cccc(C(F)F)c2F)c2cc3c(cc2n1)OCC[C@H]1CN(CC#N)CCN31. The summed E-state index contributed by atoms with van der Waals surface area (Å²) >= 11 is 0. The molecule has 3 aromatic rings. The number of hydrogen-bond acceptors (Lipinski definition) is 7. The number of piperazine rings is 1. The van der Waals surface area contributed by atoms with Crippen LogP contribution in [0.15, 0.2) is 30.3 Å². The summed E-state index contributed by atoms with van der Waals surface area (Å²) in [5.41, 5.74) is 1.13. The third kappa shape index (κ3) is 4.51. The van der Waals surface area contributed by atoms with Gasteiger partial charge in [0, 0.05) is 49.1 Å². The molecule has 1 saturated heterocycles. The Labute approximate surface area is 207 Å². The van der Waals surface area contributed by atoms with Crippen LogP contribution in [0.3, 0.4) is 0 Å². The number of benzene rings is 2. The van der Waals surface area contributed by atoms with Crippen molar-refractivity contribution >= 4 is 22.4 Å². The first-order valence-corrected chi connectivity index (χ1v) is 12.0. The fourth-order valence-corrected chi connectivity index (χ4v) is 5.10. The van der Waals surface area contributed by atoms with Crippen molar-refractivity contribution in [3.63, 3.8) is 0 Å². The molecule has 0 bridgehead atoms. The predicted octanol–water partition coefficient (Wildman–Crippen LogP) is 4.98. The molecule has 36 heavy (non-hydrogen) atoms. The van der Waals surface area contributed by atoms with Gasteiger partial charge in [-0.1, -0.05) is 18.2 Å². The van der Waals surface area contributed by atoms with E-state index in [-0.39, 0.29) is 11.6 Å². The molecule has 188 valence electrons. The van der Waals surface area contributed by atoms with Gasteiger partial charge >= 0.3 is 0 Å². The number of halogens is 3. The third-order valence-electron chi connectivity index (χ3n) is 6.88. The highest BCUT2D eigenvalue weighted by atomic mass is 19.3. The molecular formula is C26H27F3N6O. The summed E-state index contributed by atoms with van der Waals surface area (Å²) in [5.74, 6) is 0.851. The minimum absolute atomic E-state index is 0.143. The third-order valence-corrected chi connectivity index (χ3v) is 6.88. The van der Waals surface area contributed by atoms with E-state index in [4.69, 9.17) is 10.00 Å². The van der Waals surface area contributed by atoms with Crippen molar-refractivity contribution in [2.75, 3.05) is 43.0 Å². The van der Waals surface area contributed by atoms with Crippen LogP contribution < -0.4 is 15.0 Å². The number of hydrogen-bond donors (Lipinski definition) is 1. The fraction of sp³-hybridized carbons (Fsp3) is 0.423. The van der Waals surface area contributed by atoms with Crippen LogP contribution in [-0.4, -0.2) is 53.7 Å². The second-order valence-electron chi connectivity index (χ2n) is 9.25. The van der Waals surface area contributed by atoms with Crippen LogP contribution in [0.1, 0.15) is 42.8 Å². The van der Waals surface area contributed by atoms with Crippen LogP contribution in [0.4, 0.5) is 24.7 Å². The number of aryl methyl sites for hydroxylation is 1. The highest BCUT2D eigenvalue weighted by Crippen LogP contribution is 2.40. The molecule has 2 aliphatic rings. The summed E-state index contributed by atoms with van der Waals surface area (Å²) < 4.78 is 47.4. The van der Waals surface area contributed by atoms with Gasteiger partial charge in [0.05, 0.1) is 42.0 Å². The van der Waals surface area contributed by atoms with Crippen molar-refractivity contribution in [2.45, 2.75) is 38.8 Å². The van der Waals surface area contributed by atoms with Crippen LogP contribution in [0, 0.1) is 24.1 Å². The number of anilines is 2. The molecule has 0 spiro atoms. The van der Waals surface area contributed by atoms with Crippen LogP contribution in [0.2, 0.25) is 0 Å². The van der Waals surface area contributed by atoms with Gasteiger partial charge in [0.25, 0.3) is 6.43 Å². The molecule has 2 aliphatic heterocycles. The molecule has 2 atom stereocenters.